The van der Waals surface area contributed by atoms with Crippen molar-refractivity contribution in [2.45, 2.75) is 44.4 Å². The predicted molar refractivity (Wildman–Crippen MR) is 78.0 cm³/mol. The Bertz CT molecular complexity index is 523. The zero-order valence-electron chi connectivity index (χ0n) is 11.9. The number of unbranched alkanes of at least 4 members (excludes halogenated alkanes) is 3. The highest BCUT2D eigenvalue weighted by Gasteiger charge is 2.14. The van der Waals surface area contributed by atoms with Crippen LogP contribution >= 0.6 is 0 Å². The zero-order valence-corrected chi connectivity index (χ0v) is 12.7. The Balaban J connectivity index is 2.56. The molecule has 0 unspecified atom stereocenters. The summed E-state index contributed by atoms with van der Waals surface area (Å²) in [6.45, 7) is 3.69. The molecule has 6 heteroatoms. The largest absolute Gasteiger partial charge is 0.326 e. The molecule has 0 spiro atoms. The second-order valence-corrected chi connectivity index (χ2v) is 6.16. The van der Waals surface area contributed by atoms with E-state index in [9.17, 15) is 13.2 Å². The minimum atomic E-state index is -3.71. The van der Waals surface area contributed by atoms with Gasteiger partial charge in [-0.05, 0) is 30.7 Å². The monoisotopic (exact) mass is 299 g/mol. The lowest BCUT2D eigenvalue weighted by molar-refractivity contribution is -0.114. The second-order valence-electron chi connectivity index (χ2n) is 4.54. The SMILES string of the molecule is CCCCCCOS(=O)(=O)c1ccc(NC(C)=O)cc1. The van der Waals surface area contributed by atoms with E-state index in [4.69, 9.17) is 4.18 Å². The van der Waals surface area contributed by atoms with Gasteiger partial charge in [-0.25, -0.2) is 0 Å². The molecule has 0 radical (unpaired) electrons. The Morgan fingerprint density at radius 1 is 1.15 bits per heavy atom. The van der Waals surface area contributed by atoms with Crippen molar-refractivity contribution >= 4 is 21.7 Å². The van der Waals surface area contributed by atoms with Gasteiger partial charge in [0.25, 0.3) is 10.1 Å². The number of carbonyl (C=O) groups is 1. The molecule has 0 aliphatic heterocycles. The average molecular weight is 299 g/mol. The highest BCUT2D eigenvalue weighted by molar-refractivity contribution is 7.86. The van der Waals surface area contributed by atoms with E-state index in [1.54, 1.807) is 0 Å². The minimum absolute atomic E-state index is 0.0992. The Labute approximate surface area is 120 Å². The summed E-state index contributed by atoms with van der Waals surface area (Å²) < 4.78 is 28.7. The van der Waals surface area contributed by atoms with Crippen molar-refractivity contribution in [3.8, 4) is 0 Å². The number of hydrogen-bond acceptors (Lipinski definition) is 4. The van der Waals surface area contributed by atoms with Gasteiger partial charge in [0, 0.05) is 12.6 Å². The number of amides is 1. The van der Waals surface area contributed by atoms with Crippen LogP contribution in [0, 0.1) is 0 Å². The van der Waals surface area contributed by atoms with Gasteiger partial charge in [0.15, 0.2) is 0 Å². The molecule has 0 bridgehead atoms. The van der Waals surface area contributed by atoms with Crippen molar-refractivity contribution in [1.29, 1.82) is 0 Å². The maximum atomic E-state index is 11.9. The lowest BCUT2D eigenvalue weighted by Gasteiger charge is -2.07. The third-order valence-corrected chi connectivity index (χ3v) is 4.03. The molecule has 0 heterocycles. The van der Waals surface area contributed by atoms with Gasteiger partial charge in [-0.1, -0.05) is 26.2 Å². The summed E-state index contributed by atoms with van der Waals surface area (Å²) in [6.07, 6.45) is 3.87. The molecular weight excluding hydrogens is 278 g/mol. The number of benzene rings is 1. The molecule has 1 amide bonds. The van der Waals surface area contributed by atoms with Crippen LogP contribution in [0.1, 0.15) is 39.5 Å². The number of anilines is 1. The fraction of sp³-hybridized carbons (Fsp3) is 0.500. The topological polar surface area (TPSA) is 72.5 Å². The Morgan fingerprint density at radius 3 is 2.35 bits per heavy atom. The molecule has 0 aromatic heterocycles. The fourth-order valence-electron chi connectivity index (χ4n) is 1.67. The maximum Gasteiger partial charge on any atom is 0.296 e. The Hall–Kier alpha value is -1.40. The minimum Gasteiger partial charge on any atom is -0.326 e. The number of hydrogen-bond donors (Lipinski definition) is 1. The summed E-state index contributed by atoms with van der Waals surface area (Å²) in [6, 6.07) is 5.92. The predicted octanol–water partition coefficient (Wildman–Crippen LogP) is 2.93. The number of rotatable bonds is 8. The van der Waals surface area contributed by atoms with Gasteiger partial charge in [0.05, 0.1) is 11.5 Å². The first-order valence-corrected chi connectivity index (χ1v) is 8.13. The van der Waals surface area contributed by atoms with E-state index in [2.05, 4.69) is 12.2 Å². The molecule has 0 atom stereocenters. The first-order valence-electron chi connectivity index (χ1n) is 6.73. The molecule has 1 rings (SSSR count). The van der Waals surface area contributed by atoms with Gasteiger partial charge in [-0.3, -0.25) is 8.98 Å². The van der Waals surface area contributed by atoms with Gasteiger partial charge < -0.3 is 5.32 Å². The maximum absolute atomic E-state index is 11.9. The van der Waals surface area contributed by atoms with Crippen molar-refractivity contribution < 1.29 is 17.4 Å². The number of nitrogens with one attached hydrogen (secondary N) is 1. The molecule has 1 N–H and O–H groups in total. The van der Waals surface area contributed by atoms with Crippen LogP contribution in [0.2, 0.25) is 0 Å². The molecule has 0 saturated heterocycles. The molecule has 0 saturated carbocycles. The van der Waals surface area contributed by atoms with E-state index < -0.39 is 10.1 Å². The van der Waals surface area contributed by atoms with Crippen LogP contribution in [-0.4, -0.2) is 20.9 Å². The number of carbonyl (C=O) groups excluding carboxylic acids is 1. The van der Waals surface area contributed by atoms with Gasteiger partial charge in [-0.2, -0.15) is 8.42 Å². The summed E-state index contributed by atoms with van der Waals surface area (Å²) in [5.41, 5.74) is 0.555. The highest BCUT2D eigenvalue weighted by Crippen LogP contribution is 2.16. The van der Waals surface area contributed by atoms with Gasteiger partial charge in [0.2, 0.25) is 5.91 Å². The molecule has 1 aromatic carbocycles. The van der Waals surface area contributed by atoms with Crippen LogP contribution in [0.15, 0.2) is 29.2 Å². The smallest absolute Gasteiger partial charge is 0.296 e. The summed E-state index contributed by atoms with van der Waals surface area (Å²) in [7, 11) is -3.71. The van der Waals surface area contributed by atoms with Gasteiger partial charge >= 0.3 is 0 Å². The lowest BCUT2D eigenvalue weighted by atomic mass is 10.2. The van der Waals surface area contributed by atoms with E-state index in [1.807, 2.05) is 0 Å². The summed E-state index contributed by atoms with van der Waals surface area (Å²) in [5.74, 6) is -0.201. The van der Waals surface area contributed by atoms with Crippen molar-refractivity contribution in [3.63, 3.8) is 0 Å². The van der Waals surface area contributed by atoms with Crippen molar-refractivity contribution in [2.24, 2.45) is 0 Å². The molecule has 0 aliphatic carbocycles. The molecule has 1 aromatic rings. The molecular formula is C14H21NO4S. The van der Waals surface area contributed by atoms with Crippen LogP contribution in [0.4, 0.5) is 5.69 Å². The van der Waals surface area contributed by atoms with E-state index in [0.29, 0.717) is 5.69 Å². The third-order valence-electron chi connectivity index (χ3n) is 2.70. The van der Waals surface area contributed by atoms with Crippen molar-refractivity contribution in [2.75, 3.05) is 11.9 Å². The summed E-state index contributed by atoms with van der Waals surface area (Å²) in [5, 5.41) is 2.58. The standard InChI is InChI=1S/C14H21NO4S/c1-3-4-5-6-11-19-20(17,18)14-9-7-13(8-10-14)15-12(2)16/h7-10H,3-6,11H2,1-2H3,(H,15,16). The van der Waals surface area contributed by atoms with Crippen LogP contribution in [-0.2, 0) is 19.1 Å². The fourth-order valence-corrected chi connectivity index (χ4v) is 2.62. The highest BCUT2D eigenvalue weighted by atomic mass is 32.2. The Kier molecular flexibility index (Phi) is 6.67. The second kappa shape index (κ2) is 8.01. The molecule has 5 nitrogen and oxygen atoms in total. The molecule has 112 valence electrons. The normalized spacial score (nSPS) is 11.3. The summed E-state index contributed by atoms with van der Waals surface area (Å²) >= 11 is 0. The zero-order chi connectivity index (χ0) is 15.0. The van der Waals surface area contributed by atoms with E-state index in [0.717, 1.165) is 25.7 Å². The van der Waals surface area contributed by atoms with Crippen LogP contribution in [0.5, 0.6) is 0 Å². The van der Waals surface area contributed by atoms with Gasteiger partial charge in [-0.15, -0.1) is 0 Å². The van der Waals surface area contributed by atoms with E-state index in [1.165, 1.54) is 31.2 Å². The first-order chi connectivity index (χ1) is 9.45. The quantitative estimate of drug-likeness (QED) is 0.591. The first kappa shape index (κ1) is 16.7. The van der Waals surface area contributed by atoms with E-state index >= 15 is 0 Å². The van der Waals surface area contributed by atoms with Crippen molar-refractivity contribution in [1.82, 2.24) is 0 Å². The van der Waals surface area contributed by atoms with Crippen LogP contribution < -0.4 is 5.32 Å². The van der Waals surface area contributed by atoms with Gasteiger partial charge in [0.1, 0.15) is 0 Å². The average Bonchev–Trinajstić information content (AvgIpc) is 2.38. The molecule has 0 aliphatic rings. The summed E-state index contributed by atoms with van der Waals surface area (Å²) in [4.78, 5) is 11.0. The third kappa shape index (κ3) is 5.71. The van der Waals surface area contributed by atoms with Crippen molar-refractivity contribution in [3.05, 3.63) is 24.3 Å². The van der Waals surface area contributed by atoms with Crippen LogP contribution in [0.25, 0.3) is 0 Å². The van der Waals surface area contributed by atoms with Crippen LogP contribution in [0.3, 0.4) is 0 Å². The molecule has 20 heavy (non-hydrogen) atoms. The molecule has 0 fully saturated rings. The lowest BCUT2D eigenvalue weighted by Crippen LogP contribution is -2.09. The van der Waals surface area contributed by atoms with E-state index in [-0.39, 0.29) is 17.4 Å². The Morgan fingerprint density at radius 2 is 1.80 bits per heavy atom.